The minimum absolute atomic E-state index is 0.0660. The van der Waals surface area contributed by atoms with E-state index in [1.165, 1.54) is 52.3 Å². The van der Waals surface area contributed by atoms with E-state index in [4.69, 9.17) is 0 Å². The SMILES string of the molecule is O=C1NC(=O)N2CCN(C(=O)Nc3ccc(F)cc3-c3ccc(F)cc3)CC12. The van der Waals surface area contributed by atoms with Crippen molar-refractivity contribution in [3.63, 3.8) is 0 Å². The van der Waals surface area contributed by atoms with Gasteiger partial charge >= 0.3 is 12.1 Å². The molecule has 0 bridgehead atoms. The summed E-state index contributed by atoms with van der Waals surface area (Å²) in [6.07, 6.45) is 0. The Kier molecular flexibility index (Phi) is 4.42. The normalized spacial score (nSPS) is 18.7. The predicted octanol–water partition coefficient (Wildman–Crippen LogP) is 2.40. The van der Waals surface area contributed by atoms with Gasteiger partial charge in [-0.1, -0.05) is 12.1 Å². The quantitative estimate of drug-likeness (QED) is 0.778. The van der Waals surface area contributed by atoms with Crippen molar-refractivity contribution in [1.29, 1.82) is 0 Å². The number of amides is 5. The molecule has 1 unspecified atom stereocenters. The third kappa shape index (κ3) is 3.26. The Morgan fingerprint density at radius 1 is 1.04 bits per heavy atom. The lowest BCUT2D eigenvalue weighted by molar-refractivity contribution is -0.122. The number of carbonyl (C=O) groups excluding carboxylic acids is 3. The van der Waals surface area contributed by atoms with Crippen molar-refractivity contribution in [1.82, 2.24) is 15.1 Å². The first-order valence-corrected chi connectivity index (χ1v) is 8.65. The molecule has 0 aromatic heterocycles. The lowest BCUT2D eigenvalue weighted by atomic mass is 10.0. The van der Waals surface area contributed by atoms with Crippen LogP contribution in [0, 0.1) is 11.6 Å². The molecule has 0 saturated carbocycles. The number of hydrogen-bond donors (Lipinski definition) is 2. The second-order valence-electron chi connectivity index (χ2n) is 6.58. The molecule has 5 amide bonds. The number of urea groups is 2. The van der Waals surface area contributed by atoms with Gasteiger partial charge in [0.25, 0.3) is 5.91 Å². The largest absolute Gasteiger partial charge is 0.324 e. The van der Waals surface area contributed by atoms with E-state index in [9.17, 15) is 23.2 Å². The molecule has 1 atom stereocenters. The summed E-state index contributed by atoms with van der Waals surface area (Å²) in [6, 6.07) is 7.74. The molecular weight excluding hydrogens is 370 g/mol. The van der Waals surface area contributed by atoms with Gasteiger partial charge in [0.15, 0.2) is 0 Å². The molecule has 0 radical (unpaired) electrons. The van der Waals surface area contributed by atoms with Gasteiger partial charge in [0.05, 0.1) is 12.2 Å². The number of hydrogen-bond acceptors (Lipinski definition) is 3. The van der Waals surface area contributed by atoms with Crippen LogP contribution in [0.25, 0.3) is 11.1 Å². The van der Waals surface area contributed by atoms with Crippen LogP contribution >= 0.6 is 0 Å². The maximum atomic E-state index is 13.8. The van der Waals surface area contributed by atoms with E-state index < -0.39 is 35.6 Å². The molecule has 0 spiro atoms. The zero-order chi connectivity index (χ0) is 19.8. The minimum Gasteiger partial charge on any atom is -0.320 e. The molecule has 2 aliphatic rings. The number of fused-ring (bicyclic) bond motifs is 1. The Bertz CT molecular complexity index is 964. The number of carbonyl (C=O) groups is 3. The van der Waals surface area contributed by atoms with Crippen LogP contribution in [0.2, 0.25) is 0 Å². The number of benzene rings is 2. The third-order valence-corrected chi connectivity index (χ3v) is 4.84. The van der Waals surface area contributed by atoms with E-state index in [1.807, 2.05) is 0 Å². The van der Waals surface area contributed by atoms with Crippen molar-refractivity contribution in [3.05, 3.63) is 54.1 Å². The Morgan fingerprint density at radius 3 is 2.50 bits per heavy atom. The topological polar surface area (TPSA) is 81.8 Å². The summed E-state index contributed by atoms with van der Waals surface area (Å²) < 4.78 is 26.9. The number of rotatable bonds is 2. The number of imide groups is 1. The van der Waals surface area contributed by atoms with E-state index >= 15 is 0 Å². The highest BCUT2D eigenvalue weighted by Gasteiger charge is 2.43. The number of piperazine rings is 1. The minimum atomic E-state index is -0.711. The highest BCUT2D eigenvalue weighted by Crippen LogP contribution is 2.29. The Labute approximate surface area is 158 Å². The lowest BCUT2D eigenvalue weighted by Crippen LogP contribution is -2.55. The van der Waals surface area contributed by atoms with Gasteiger partial charge in [0.2, 0.25) is 0 Å². The van der Waals surface area contributed by atoms with Crippen LogP contribution in [-0.2, 0) is 4.79 Å². The van der Waals surface area contributed by atoms with Crippen LogP contribution in [0.5, 0.6) is 0 Å². The summed E-state index contributed by atoms with van der Waals surface area (Å²) in [5.74, 6) is -1.35. The van der Waals surface area contributed by atoms with Crippen LogP contribution in [-0.4, -0.2) is 53.4 Å². The molecule has 4 rings (SSSR count). The van der Waals surface area contributed by atoms with E-state index in [-0.39, 0.29) is 19.6 Å². The third-order valence-electron chi connectivity index (χ3n) is 4.84. The van der Waals surface area contributed by atoms with E-state index in [2.05, 4.69) is 10.6 Å². The average Bonchev–Trinajstić information content (AvgIpc) is 2.97. The van der Waals surface area contributed by atoms with Gasteiger partial charge in [-0.2, -0.15) is 0 Å². The summed E-state index contributed by atoms with van der Waals surface area (Å²) >= 11 is 0. The zero-order valence-corrected chi connectivity index (χ0v) is 14.6. The summed E-state index contributed by atoms with van der Waals surface area (Å²) in [6.45, 7) is 0.566. The van der Waals surface area contributed by atoms with Crippen LogP contribution in [0.4, 0.5) is 24.1 Å². The second-order valence-corrected chi connectivity index (χ2v) is 6.58. The first-order chi connectivity index (χ1) is 13.4. The predicted molar refractivity (Wildman–Crippen MR) is 96.4 cm³/mol. The van der Waals surface area contributed by atoms with Crippen LogP contribution < -0.4 is 10.6 Å². The van der Waals surface area contributed by atoms with Crippen LogP contribution in [0.15, 0.2) is 42.5 Å². The van der Waals surface area contributed by atoms with Crippen molar-refractivity contribution >= 4 is 23.7 Å². The maximum Gasteiger partial charge on any atom is 0.324 e. The van der Waals surface area contributed by atoms with Crippen molar-refractivity contribution in [2.75, 3.05) is 25.0 Å². The molecular formula is C19H16F2N4O3. The molecule has 2 aromatic rings. The molecule has 2 aliphatic heterocycles. The average molecular weight is 386 g/mol. The molecule has 2 aromatic carbocycles. The zero-order valence-electron chi connectivity index (χ0n) is 14.6. The van der Waals surface area contributed by atoms with Gasteiger partial charge in [0.1, 0.15) is 17.7 Å². The summed E-state index contributed by atoms with van der Waals surface area (Å²) in [4.78, 5) is 39.0. The molecule has 2 N–H and O–H groups in total. The van der Waals surface area contributed by atoms with Gasteiger partial charge in [0, 0.05) is 18.7 Å². The standard InChI is InChI=1S/C19H16F2N4O3/c20-12-3-1-11(2-4-12)14-9-13(21)5-6-15(14)22-18(27)24-7-8-25-16(10-24)17(26)23-19(25)28/h1-6,9,16H,7-8,10H2,(H,22,27)(H,23,26,28). The van der Waals surface area contributed by atoms with Crippen molar-refractivity contribution in [2.24, 2.45) is 0 Å². The number of nitrogens with zero attached hydrogens (tertiary/aromatic N) is 2. The molecule has 2 saturated heterocycles. The highest BCUT2D eigenvalue weighted by molar-refractivity contribution is 6.05. The van der Waals surface area contributed by atoms with Gasteiger partial charge < -0.3 is 15.1 Å². The maximum absolute atomic E-state index is 13.8. The summed E-state index contributed by atoms with van der Waals surface area (Å²) in [5, 5.41) is 4.94. The Morgan fingerprint density at radius 2 is 1.75 bits per heavy atom. The summed E-state index contributed by atoms with van der Waals surface area (Å²) in [7, 11) is 0. The van der Waals surface area contributed by atoms with E-state index in [0.717, 1.165) is 0 Å². The lowest BCUT2D eigenvalue weighted by Gasteiger charge is -2.35. The summed E-state index contributed by atoms with van der Waals surface area (Å²) in [5.41, 5.74) is 1.30. The van der Waals surface area contributed by atoms with Crippen LogP contribution in [0.1, 0.15) is 0 Å². The van der Waals surface area contributed by atoms with Crippen molar-refractivity contribution in [3.8, 4) is 11.1 Å². The monoisotopic (exact) mass is 386 g/mol. The van der Waals surface area contributed by atoms with Gasteiger partial charge in [-0.25, -0.2) is 18.4 Å². The van der Waals surface area contributed by atoms with Crippen LogP contribution in [0.3, 0.4) is 0 Å². The molecule has 9 heteroatoms. The molecule has 0 aliphatic carbocycles. The molecule has 144 valence electrons. The Hall–Kier alpha value is -3.49. The molecule has 7 nitrogen and oxygen atoms in total. The highest BCUT2D eigenvalue weighted by atomic mass is 19.1. The van der Waals surface area contributed by atoms with E-state index in [1.54, 1.807) is 0 Å². The van der Waals surface area contributed by atoms with Gasteiger partial charge in [-0.15, -0.1) is 0 Å². The first-order valence-electron chi connectivity index (χ1n) is 8.65. The first kappa shape index (κ1) is 17.9. The van der Waals surface area contributed by atoms with E-state index in [0.29, 0.717) is 16.8 Å². The number of anilines is 1. The van der Waals surface area contributed by atoms with Gasteiger partial charge in [-0.3, -0.25) is 10.1 Å². The van der Waals surface area contributed by atoms with Gasteiger partial charge in [-0.05, 0) is 35.9 Å². The Balaban J connectivity index is 1.54. The molecule has 28 heavy (non-hydrogen) atoms. The molecule has 2 fully saturated rings. The fourth-order valence-corrected chi connectivity index (χ4v) is 3.38. The fourth-order valence-electron chi connectivity index (χ4n) is 3.38. The van der Waals surface area contributed by atoms with Crippen molar-refractivity contribution < 1.29 is 23.2 Å². The smallest absolute Gasteiger partial charge is 0.320 e. The number of halogens is 2. The fraction of sp³-hybridized carbons (Fsp3) is 0.211. The number of nitrogens with one attached hydrogen (secondary N) is 2. The second kappa shape index (κ2) is 6.91. The molecule has 2 heterocycles. The van der Waals surface area contributed by atoms with Crippen molar-refractivity contribution in [2.45, 2.75) is 6.04 Å².